The van der Waals surface area contributed by atoms with E-state index in [4.69, 9.17) is 4.42 Å². The molecule has 0 saturated heterocycles. The van der Waals surface area contributed by atoms with Gasteiger partial charge in [-0.2, -0.15) is 0 Å². The van der Waals surface area contributed by atoms with Crippen molar-refractivity contribution in [1.82, 2.24) is 25.2 Å². The highest BCUT2D eigenvalue weighted by Crippen LogP contribution is 2.20. The molecule has 1 aliphatic carbocycles. The molecule has 166 valence electrons. The highest BCUT2D eigenvalue weighted by Gasteiger charge is 2.24. The van der Waals surface area contributed by atoms with Gasteiger partial charge in [0.2, 0.25) is 0 Å². The highest BCUT2D eigenvalue weighted by atomic mass is 16.3. The van der Waals surface area contributed by atoms with Crippen molar-refractivity contribution in [2.45, 2.75) is 32.0 Å². The number of benzene rings is 2. The van der Waals surface area contributed by atoms with Crippen molar-refractivity contribution in [3.63, 3.8) is 0 Å². The number of carbonyl (C=O) groups is 2. The molecule has 8 heteroatoms. The van der Waals surface area contributed by atoms with Gasteiger partial charge in [0, 0.05) is 18.2 Å². The van der Waals surface area contributed by atoms with Gasteiger partial charge in [0.15, 0.2) is 5.69 Å². The molecule has 8 nitrogen and oxygen atoms in total. The topological polar surface area (TPSA) is 93.3 Å². The van der Waals surface area contributed by atoms with Crippen molar-refractivity contribution in [3.05, 3.63) is 102 Å². The van der Waals surface area contributed by atoms with Crippen LogP contribution < -0.4 is 5.32 Å². The maximum absolute atomic E-state index is 13.3. The maximum Gasteiger partial charge on any atom is 0.276 e. The first-order valence-corrected chi connectivity index (χ1v) is 10.8. The molecule has 1 aliphatic rings. The van der Waals surface area contributed by atoms with Crippen LogP contribution in [0.25, 0.3) is 5.69 Å². The normalized spacial score (nSPS) is 13.0. The molecule has 1 saturated carbocycles. The molecule has 0 aliphatic heterocycles. The number of hydrogen-bond donors (Lipinski definition) is 1. The van der Waals surface area contributed by atoms with Crippen molar-refractivity contribution in [3.8, 4) is 5.69 Å². The molecule has 0 radical (unpaired) electrons. The van der Waals surface area contributed by atoms with Crippen LogP contribution in [0.4, 0.5) is 0 Å². The van der Waals surface area contributed by atoms with E-state index in [1.165, 1.54) is 0 Å². The van der Waals surface area contributed by atoms with E-state index in [0.29, 0.717) is 23.9 Å². The van der Waals surface area contributed by atoms with Gasteiger partial charge in [-0.05, 0) is 54.8 Å². The number of carbonyl (C=O) groups excluding carboxylic acids is 2. The summed E-state index contributed by atoms with van der Waals surface area (Å²) < 4.78 is 7.04. The van der Waals surface area contributed by atoms with Crippen LogP contribution in [0, 0.1) is 0 Å². The Bertz CT molecular complexity index is 1230. The third kappa shape index (κ3) is 5.01. The Morgan fingerprint density at radius 2 is 1.79 bits per heavy atom. The molecule has 33 heavy (non-hydrogen) atoms. The number of rotatable bonds is 8. The van der Waals surface area contributed by atoms with Crippen LogP contribution in [0.1, 0.15) is 45.0 Å². The van der Waals surface area contributed by atoms with E-state index < -0.39 is 0 Å². The number of nitrogens with zero attached hydrogens (tertiary/aromatic N) is 4. The van der Waals surface area contributed by atoms with E-state index in [9.17, 15) is 9.59 Å². The van der Waals surface area contributed by atoms with Gasteiger partial charge in [0.05, 0.1) is 24.7 Å². The fourth-order valence-corrected chi connectivity index (χ4v) is 3.50. The van der Waals surface area contributed by atoms with Gasteiger partial charge in [-0.15, -0.1) is 5.10 Å². The van der Waals surface area contributed by atoms with Crippen molar-refractivity contribution in [1.29, 1.82) is 0 Å². The van der Waals surface area contributed by atoms with Crippen LogP contribution in [-0.2, 0) is 13.1 Å². The molecule has 0 bridgehead atoms. The zero-order valence-corrected chi connectivity index (χ0v) is 17.9. The van der Waals surface area contributed by atoms with Gasteiger partial charge in [-0.1, -0.05) is 35.5 Å². The Kier molecular flexibility index (Phi) is 5.72. The van der Waals surface area contributed by atoms with E-state index in [2.05, 4.69) is 15.6 Å². The van der Waals surface area contributed by atoms with Gasteiger partial charge >= 0.3 is 0 Å². The second-order valence-corrected chi connectivity index (χ2v) is 8.07. The number of nitrogens with one attached hydrogen (secondary N) is 1. The summed E-state index contributed by atoms with van der Waals surface area (Å²) in [7, 11) is 0. The Hall–Kier alpha value is -4.20. The van der Waals surface area contributed by atoms with Crippen LogP contribution >= 0.6 is 0 Å². The van der Waals surface area contributed by atoms with E-state index in [0.717, 1.165) is 24.1 Å². The molecule has 2 aromatic heterocycles. The van der Waals surface area contributed by atoms with Gasteiger partial charge in [0.1, 0.15) is 5.76 Å². The molecular formula is C25H23N5O3. The molecule has 1 fully saturated rings. The molecule has 2 aromatic carbocycles. The van der Waals surface area contributed by atoms with Crippen molar-refractivity contribution in [2.24, 2.45) is 0 Å². The average Bonchev–Trinajstić information content (AvgIpc) is 3.29. The van der Waals surface area contributed by atoms with Crippen LogP contribution in [0.3, 0.4) is 0 Å². The minimum Gasteiger partial charge on any atom is -0.467 e. The quantitative estimate of drug-likeness (QED) is 0.451. The number of hydrogen-bond acceptors (Lipinski definition) is 5. The van der Waals surface area contributed by atoms with E-state index in [1.54, 1.807) is 40.2 Å². The van der Waals surface area contributed by atoms with Crippen LogP contribution in [0.15, 0.2) is 83.6 Å². The molecule has 5 rings (SSSR count). The van der Waals surface area contributed by atoms with Crippen LogP contribution in [-0.4, -0.2) is 37.7 Å². The van der Waals surface area contributed by atoms with Crippen LogP contribution in [0.5, 0.6) is 0 Å². The van der Waals surface area contributed by atoms with Crippen molar-refractivity contribution < 1.29 is 14.0 Å². The summed E-state index contributed by atoms with van der Waals surface area (Å²) in [4.78, 5) is 27.2. The number of furan rings is 1. The minimum absolute atomic E-state index is 0.0647. The Labute approximate surface area is 190 Å². The lowest BCUT2D eigenvalue weighted by molar-refractivity contribution is 0.0711. The fraction of sp³-hybridized carbons (Fsp3) is 0.200. The lowest BCUT2D eigenvalue weighted by Gasteiger charge is -2.21. The number of aromatic nitrogens is 3. The zero-order chi connectivity index (χ0) is 22.6. The van der Waals surface area contributed by atoms with Gasteiger partial charge in [-0.25, -0.2) is 4.68 Å². The molecule has 0 atom stereocenters. The van der Waals surface area contributed by atoms with Crippen LogP contribution in [0.2, 0.25) is 0 Å². The number of amides is 2. The molecule has 4 aromatic rings. The Balaban J connectivity index is 1.34. The Morgan fingerprint density at radius 1 is 1.00 bits per heavy atom. The highest BCUT2D eigenvalue weighted by molar-refractivity contribution is 5.94. The SMILES string of the molecule is O=C(NC1CC1)c1ccc(CN(Cc2ccco2)C(=O)c2cn(-c3ccccc3)nn2)cc1. The maximum atomic E-state index is 13.3. The largest absolute Gasteiger partial charge is 0.467 e. The van der Waals surface area contributed by atoms with Gasteiger partial charge in [-0.3, -0.25) is 9.59 Å². The molecule has 2 heterocycles. The molecular weight excluding hydrogens is 418 g/mol. The third-order valence-corrected chi connectivity index (χ3v) is 5.45. The lowest BCUT2D eigenvalue weighted by atomic mass is 10.1. The summed E-state index contributed by atoms with van der Waals surface area (Å²) in [5.74, 6) is 0.341. The summed E-state index contributed by atoms with van der Waals surface area (Å²) in [6.45, 7) is 0.621. The minimum atomic E-state index is -0.260. The molecule has 2 amide bonds. The second kappa shape index (κ2) is 9.12. The lowest BCUT2D eigenvalue weighted by Crippen LogP contribution is -2.30. The van der Waals surface area contributed by atoms with Crippen molar-refractivity contribution >= 4 is 11.8 Å². The average molecular weight is 441 g/mol. The van der Waals surface area contributed by atoms with E-state index in [-0.39, 0.29) is 24.1 Å². The summed E-state index contributed by atoms with van der Waals surface area (Å²) in [6.07, 6.45) is 5.29. The van der Waals surface area contributed by atoms with Gasteiger partial charge in [0.25, 0.3) is 11.8 Å². The third-order valence-electron chi connectivity index (χ3n) is 5.45. The first-order valence-electron chi connectivity index (χ1n) is 10.8. The summed E-state index contributed by atoms with van der Waals surface area (Å²) in [5.41, 5.74) is 2.57. The van der Waals surface area contributed by atoms with E-state index in [1.807, 2.05) is 48.5 Å². The predicted octanol–water partition coefficient (Wildman–Crippen LogP) is 3.60. The van der Waals surface area contributed by atoms with E-state index >= 15 is 0 Å². The smallest absolute Gasteiger partial charge is 0.276 e. The standard InChI is InChI=1S/C25H23N5O3/c31-24(26-20-12-13-20)19-10-8-18(9-11-19)15-29(16-22-7-4-14-33-22)25(32)23-17-30(28-27-23)21-5-2-1-3-6-21/h1-11,14,17,20H,12-13,15-16H2,(H,26,31). The fourth-order valence-electron chi connectivity index (χ4n) is 3.50. The summed E-state index contributed by atoms with van der Waals surface area (Å²) >= 11 is 0. The molecule has 0 unspecified atom stereocenters. The molecule has 0 spiro atoms. The number of para-hydroxylation sites is 1. The first kappa shape index (κ1) is 20.7. The van der Waals surface area contributed by atoms with Crippen molar-refractivity contribution in [2.75, 3.05) is 0 Å². The molecule has 1 N–H and O–H groups in total. The summed E-state index contributed by atoms with van der Waals surface area (Å²) in [6, 6.07) is 20.7. The second-order valence-electron chi connectivity index (χ2n) is 8.07. The predicted molar refractivity (Wildman–Crippen MR) is 121 cm³/mol. The monoisotopic (exact) mass is 441 g/mol. The van der Waals surface area contributed by atoms with Gasteiger partial charge < -0.3 is 14.6 Å². The summed E-state index contributed by atoms with van der Waals surface area (Å²) in [5, 5.41) is 11.2. The zero-order valence-electron chi connectivity index (χ0n) is 17.9. The Morgan fingerprint density at radius 3 is 2.48 bits per heavy atom. The first-order chi connectivity index (χ1) is 16.2.